The van der Waals surface area contributed by atoms with Gasteiger partial charge in [-0.1, -0.05) is 18.3 Å². The number of thiazole rings is 1. The number of aliphatic hydroxyl groups is 1. The third-order valence-electron chi connectivity index (χ3n) is 5.62. The number of carboxylic acid groups (broad SMARTS) is 1. The largest absolute Gasteiger partial charge is 0.543 e. The zero-order valence-corrected chi connectivity index (χ0v) is 16.2. The van der Waals surface area contributed by atoms with Crippen molar-refractivity contribution in [1.29, 1.82) is 0 Å². The number of β-lactam (4-membered cyclic amide) rings is 1. The monoisotopic (exact) mass is 404 g/mol. The minimum Gasteiger partial charge on any atom is -0.543 e. The number of hydrogen-bond donors (Lipinski definition) is 2. The van der Waals surface area contributed by atoms with Gasteiger partial charge < -0.3 is 25.6 Å². The molecule has 0 aliphatic carbocycles. The van der Waals surface area contributed by atoms with Gasteiger partial charge in [0.1, 0.15) is 18.4 Å². The summed E-state index contributed by atoms with van der Waals surface area (Å²) >= 11 is 1.45. The second kappa shape index (κ2) is 6.42. The van der Waals surface area contributed by atoms with Gasteiger partial charge in [0.05, 0.1) is 36.2 Å². The molecule has 2 aromatic heterocycles. The lowest BCUT2D eigenvalue weighted by Gasteiger charge is -2.47. The van der Waals surface area contributed by atoms with Crippen molar-refractivity contribution >= 4 is 34.0 Å². The number of nitrogens with two attached hydrogens (primary N) is 1. The van der Waals surface area contributed by atoms with Crippen molar-refractivity contribution in [1.82, 2.24) is 9.30 Å². The topological polar surface area (TPSA) is 132 Å². The van der Waals surface area contributed by atoms with Gasteiger partial charge in [-0.2, -0.15) is 4.40 Å². The first-order valence-corrected chi connectivity index (χ1v) is 9.80. The number of primary amides is 1. The van der Waals surface area contributed by atoms with E-state index in [1.807, 2.05) is 27.5 Å². The molecular formula is C18H20N4O5S. The zero-order valence-electron chi connectivity index (χ0n) is 15.4. The number of aromatic nitrogens is 2. The summed E-state index contributed by atoms with van der Waals surface area (Å²) in [6.45, 7) is 3.67. The smallest absolute Gasteiger partial charge is 0.250 e. The molecule has 148 valence electrons. The Morgan fingerprint density at radius 1 is 1.46 bits per heavy atom. The molecule has 2 amide bonds. The average molecular weight is 404 g/mol. The third kappa shape index (κ3) is 2.63. The van der Waals surface area contributed by atoms with E-state index in [2.05, 4.69) is 0 Å². The van der Waals surface area contributed by atoms with Crippen molar-refractivity contribution in [3.63, 3.8) is 0 Å². The fourth-order valence-electron chi connectivity index (χ4n) is 4.36. The maximum Gasteiger partial charge on any atom is 0.250 e. The van der Waals surface area contributed by atoms with Crippen LogP contribution in [0.4, 0.5) is 0 Å². The summed E-state index contributed by atoms with van der Waals surface area (Å²) in [5.41, 5.74) is 6.52. The van der Waals surface area contributed by atoms with E-state index in [0.717, 1.165) is 10.5 Å². The van der Waals surface area contributed by atoms with Gasteiger partial charge >= 0.3 is 0 Å². The van der Waals surface area contributed by atoms with Crippen molar-refractivity contribution in [2.45, 2.75) is 39.0 Å². The lowest BCUT2D eigenvalue weighted by molar-refractivity contribution is -0.688. The Bertz CT molecular complexity index is 1040. The normalized spacial score (nSPS) is 25.2. The van der Waals surface area contributed by atoms with Crippen molar-refractivity contribution < 1.29 is 29.2 Å². The maximum atomic E-state index is 12.4. The number of aliphatic hydroxyl groups excluding tert-OH is 1. The van der Waals surface area contributed by atoms with Gasteiger partial charge in [-0.05, 0) is 6.92 Å². The van der Waals surface area contributed by atoms with Crippen LogP contribution in [-0.2, 0) is 27.3 Å². The molecular weight excluding hydrogens is 384 g/mol. The van der Waals surface area contributed by atoms with Crippen LogP contribution < -0.4 is 15.4 Å². The van der Waals surface area contributed by atoms with Crippen LogP contribution >= 0.6 is 11.3 Å². The van der Waals surface area contributed by atoms with Gasteiger partial charge in [-0.15, -0.1) is 0 Å². The van der Waals surface area contributed by atoms with Crippen LogP contribution in [0.5, 0.6) is 0 Å². The van der Waals surface area contributed by atoms with Crippen LogP contribution in [-0.4, -0.2) is 44.3 Å². The van der Waals surface area contributed by atoms with Crippen LogP contribution in [0.15, 0.2) is 29.2 Å². The molecule has 0 saturated carbocycles. The molecule has 0 aromatic carbocycles. The van der Waals surface area contributed by atoms with E-state index in [9.17, 15) is 24.6 Å². The fourth-order valence-corrected chi connectivity index (χ4v) is 5.29. The van der Waals surface area contributed by atoms with Gasteiger partial charge in [0.15, 0.2) is 0 Å². The number of hydrogen-bond acceptors (Lipinski definition) is 6. The highest BCUT2D eigenvalue weighted by Gasteiger charge is 2.58. The Balaban J connectivity index is 1.68. The molecule has 2 aromatic rings. The number of carbonyl (C=O) groups excluding carboxylic acids is 3. The van der Waals surface area contributed by atoms with Gasteiger partial charge in [-0.3, -0.25) is 9.59 Å². The highest BCUT2D eigenvalue weighted by molar-refractivity contribution is 7.15. The molecule has 0 bridgehead atoms. The SMILES string of the molecule is C[C@@H](O)[C@H]1C(=O)N2C(C(=O)[O-])=C(C[n+]3cc4scc(CC(N)=O)n4c3)[C@H](C)[C@H]12. The Morgan fingerprint density at radius 3 is 2.79 bits per heavy atom. The van der Waals surface area contributed by atoms with Crippen molar-refractivity contribution in [2.24, 2.45) is 17.6 Å². The molecule has 9 nitrogen and oxygen atoms in total. The second-order valence-electron chi connectivity index (χ2n) is 7.41. The summed E-state index contributed by atoms with van der Waals surface area (Å²) in [6, 6.07) is -0.370. The summed E-state index contributed by atoms with van der Waals surface area (Å²) < 4.78 is 3.66. The van der Waals surface area contributed by atoms with E-state index in [-0.39, 0.29) is 36.5 Å². The van der Waals surface area contributed by atoms with Gasteiger partial charge in [-0.25, -0.2) is 4.57 Å². The lowest BCUT2D eigenvalue weighted by Crippen LogP contribution is -2.64. The van der Waals surface area contributed by atoms with Gasteiger partial charge in [0.2, 0.25) is 23.0 Å². The van der Waals surface area contributed by atoms with Crippen LogP contribution in [0, 0.1) is 11.8 Å². The third-order valence-corrected chi connectivity index (χ3v) is 6.55. The molecule has 0 spiro atoms. The number of amides is 2. The number of rotatable bonds is 6. The number of carboxylic acids is 1. The highest BCUT2D eigenvalue weighted by atomic mass is 32.1. The van der Waals surface area contributed by atoms with Crippen LogP contribution in [0.2, 0.25) is 0 Å². The molecule has 10 heteroatoms. The number of nitrogens with zero attached hydrogens (tertiary/aromatic N) is 3. The Hall–Kier alpha value is -2.72. The van der Waals surface area contributed by atoms with E-state index in [1.54, 1.807) is 13.3 Å². The first kappa shape index (κ1) is 18.6. The Kier molecular flexibility index (Phi) is 4.27. The lowest BCUT2D eigenvalue weighted by atomic mass is 9.78. The molecule has 2 aliphatic rings. The van der Waals surface area contributed by atoms with Crippen LogP contribution in [0.25, 0.3) is 4.83 Å². The number of imidazole rings is 1. The van der Waals surface area contributed by atoms with E-state index in [4.69, 9.17) is 5.73 Å². The quantitative estimate of drug-likeness (QED) is 0.432. The maximum absolute atomic E-state index is 12.4. The second-order valence-corrected chi connectivity index (χ2v) is 8.30. The average Bonchev–Trinajstić information content (AvgIpc) is 3.21. The van der Waals surface area contributed by atoms with E-state index in [0.29, 0.717) is 5.57 Å². The summed E-state index contributed by atoms with van der Waals surface area (Å²) in [4.78, 5) is 37.5. The van der Waals surface area contributed by atoms with Crippen molar-refractivity contribution in [3.8, 4) is 0 Å². The number of fused-ring (bicyclic) bond motifs is 2. The van der Waals surface area contributed by atoms with E-state index < -0.39 is 23.9 Å². The first-order chi connectivity index (χ1) is 13.2. The summed E-state index contributed by atoms with van der Waals surface area (Å²) in [5.74, 6) is -3.03. The highest BCUT2D eigenvalue weighted by Crippen LogP contribution is 2.46. The van der Waals surface area contributed by atoms with Gasteiger partial charge in [0, 0.05) is 16.9 Å². The molecule has 0 unspecified atom stereocenters. The molecule has 4 atom stereocenters. The summed E-state index contributed by atoms with van der Waals surface area (Å²) in [6.07, 6.45) is 2.90. The molecule has 4 rings (SSSR count). The minimum atomic E-state index is -1.39. The molecule has 4 heterocycles. The molecule has 1 fully saturated rings. The fraction of sp³-hybridized carbons (Fsp3) is 0.444. The number of carbonyl (C=O) groups is 3. The predicted molar refractivity (Wildman–Crippen MR) is 95.4 cm³/mol. The standard InChI is InChI=1S/C18H20N4O5S/c1-8-11(16(18(26)27)22-15(8)14(9(2)23)17(22)25)4-20-5-13-21(7-20)10(6-28-13)3-12(19)24/h5-9,14-15,23H,3-4H2,1-2H3,(H2-,19,24,26,27)/t8-,9+,14+,15+/m0/s1. The molecule has 1 saturated heterocycles. The van der Waals surface area contributed by atoms with Crippen molar-refractivity contribution in [2.75, 3.05) is 0 Å². The minimum absolute atomic E-state index is 0.0983. The van der Waals surface area contributed by atoms with Crippen LogP contribution in [0.1, 0.15) is 19.5 Å². The molecule has 2 aliphatic heterocycles. The molecule has 0 radical (unpaired) electrons. The van der Waals surface area contributed by atoms with Crippen LogP contribution in [0.3, 0.4) is 0 Å². The summed E-state index contributed by atoms with van der Waals surface area (Å²) in [5, 5.41) is 23.5. The first-order valence-electron chi connectivity index (χ1n) is 8.92. The zero-order chi connectivity index (χ0) is 20.3. The van der Waals surface area contributed by atoms with E-state index in [1.165, 1.54) is 16.2 Å². The molecule has 3 N–H and O–H groups in total. The Labute approximate surface area is 164 Å². The molecule has 28 heavy (non-hydrogen) atoms. The summed E-state index contributed by atoms with van der Waals surface area (Å²) in [7, 11) is 0. The number of aliphatic carboxylic acids is 1. The van der Waals surface area contributed by atoms with Crippen molar-refractivity contribution in [3.05, 3.63) is 34.9 Å². The van der Waals surface area contributed by atoms with E-state index >= 15 is 0 Å². The Morgan fingerprint density at radius 2 is 2.18 bits per heavy atom. The van der Waals surface area contributed by atoms with Gasteiger partial charge in [0.25, 0.3) is 0 Å². The predicted octanol–water partition coefficient (Wildman–Crippen LogP) is -1.82.